The third kappa shape index (κ3) is 9.99. The van der Waals surface area contributed by atoms with Crippen LogP contribution in [0.15, 0.2) is 12.7 Å². The second kappa shape index (κ2) is 16.1. The highest BCUT2D eigenvalue weighted by molar-refractivity contribution is 6.38. The lowest BCUT2D eigenvalue weighted by Crippen LogP contribution is -2.61. The molecule has 3 rings (SSSR count). The first-order chi connectivity index (χ1) is 23.1. The van der Waals surface area contributed by atoms with E-state index in [-0.39, 0.29) is 48.6 Å². The lowest BCUT2D eigenvalue weighted by atomic mass is 9.83. The fraction of sp³-hybridized carbons (Fsp3) is 0.784. The van der Waals surface area contributed by atoms with Crippen LogP contribution in [0.2, 0.25) is 0 Å². The summed E-state index contributed by atoms with van der Waals surface area (Å²) in [4.78, 5) is 83.4. The van der Waals surface area contributed by atoms with E-state index >= 15 is 0 Å². The lowest BCUT2D eigenvalue weighted by molar-refractivity contribution is -0.144. The van der Waals surface area contributed by atoms with Crippen LogP contribution in [-0.2, 0) is 23.9 Å². The van der Waals surface area contributed by atoms with Crippen molar-refractivity contribution in [1.82, 2.24) is 31.1 Å². The fourth-order valence-corrected chi connectivity index (χ4v) is 7.43. The second-order valence-corrected chi connectivity index (χ2v) is 17.0. The van der Waals surface area contributed by atoms with Crippen LogP contribution in [0.3, 0.4) is 0 Å². The number of urea groups is 1. The van der Waals surface area contributed by atoms with Crippen LogP contribution >= 0.6 is 0 Å². The van der Waals surface area contributed by atoms with Gasteiger partial charge >= 0.3 is 12.1 Å². The Kier molecular flexibility index (Phi) is 13.2. The molecule has 1 aliphatic heterocycles. The van der Waals surface area contributed by atoms with Crippen LogP contribution in [0.1, 0.15) is 101 Å². The Hall–Kier alpha value is -3.64. The number of Topliss-reactive ketones (excluding diaryl/α,β-unsaturated/α-hetero) is 1. The molecule has 0 aromatic carbocycles. The molecule has 6 amide bonds. The standard InChI is InChI=1S/C37H62N6O7/c1-12-19-38-31(46)29(44)24(13-2)39-30(45)28-26-23(37(26,9)10)20-43(28)32(47)27(22-17-15-14-16-18-22)41-33(48)40-25(35(3,4)5)21-42(11)34(49)50-36(6,7)8/h12,22-28H,1,13-21H2,2-11H3,(H,38,46)(H,39,45)(H2,40,41,48)/t23-,24?,25+,26-,27-,28-/m0/s1. The number of likely N-dealkylation sites (tertiary alicyclic amines) is 1. The molecule has 1 heterocycles. The number of piperidine rings is 1. The van der Waals surface area contributed by atoms with Gasteiger partial charge in [-0.2, -0.15) is 0 Å². The molecule has 0 aromatic rings. The average Bonchev–Trinajstić information content (AvgIpc) is 3.33. The van der Waals surface area contributed by atoms with Crippen LogP contribution in [0.25, 0.3) is 0 Å². The van der Waals surface area contributed by atoms with Gasteiger partial charge in [-0.05, 0) is 68.6 Å². The van der Waals surface area contributed by atoms with Gasteiger partial charge in [-0.15, -0.1) is 6.58 Å². The summed E-state index contributed by atoms with van der Waals surface area (Å²) in [7, 11) is 1.62. The summed E-state index contributed by atoms with van der Waals surface area (Å²) in [5.41, 5.74) is -1.30. The van der Waals surface area contributed by atoms with Crippen molar-refractivity contribution in [2.45, 2.75) is 131 Å². The highest BCUT2D eigenvalue weighted by atomic mass is 16.6. The first kappa shape index (κ1) is 40.8. The highest BCUT2D eigenvalue weighted by Crippen LogP contribution is 2.65. The molecular formula is C37H62N6O7. The molecule has 4 N–H and O–H groups in total. The monoisotopic (exact) mass is 702 g/mol. The van der Waals surface area contributed by atoms with Crippen molar-refractivity contribution >= 4 is 35.6 Å². The minimum absolute atomic E-state index is 0.0864. The number of hydrogen-bond donors (Lipinski definition) is 4. The predicted molar refractivity (Wildman–Crippen MR) is 191 cm³/mol. The fourth-order valence-electron chi connectivity index (χ4n) is 7.43. The molecule has 0 aromatic heterocycles. The number of nitrogens with zero attached hydrogens (tertiary/aromatic N) is 2. The first-order valence-corrected chi connectivity index (χ1v) is 18.2. The van der Waals surface area contributed by atoms with E-state index in [0.717, 1.165) is 32.1 Å². The van der Waals surface area contributed by atoms with Crippen LogP contribution in [-0.4, -0.2) is 102 Å². The molecule has 0 bridgehead atoms. The molecule has 13 heteroatoms. The number of rotatable bonds is 13. The molecule has 3 aliphatic rings. The lowest BCUT2D eigenvalue weighted by Gasteiger charge is -2.38. The topological polar surface area (TPSA) is 166 Å². The summed E-state index contributed by atoms with van der Waals surface area (Å²) in [6, 6.07) is -3.77. The Morgan fingerprint density at radius 1 is 0.980 bits per heavy atom. The maximum Gasteiger partial charge on any atom is 0.410 e. The predicted octanol–water partition coefficient (Wildman–Crippen LogP) is 3.77. The SMILES string of the molecule is C=CCNC(=O)C(=O)C(CC)NC(=O)[C@@H]1[C@@H]2[C@H](CN1C(=O)[C@@H](NC(=O)N[C@H](CN(C)C(=O)OC(C)(C)C)C(C)(C)C)C1CCCCC1)C2(C)C. The number of fused-ring (bicyclic) bond motifs is 1. The third-order valence-electron chi connectivity index (χ3n) is 10.6. The quantitative estimate of drug-likeness (QED) is 0.168. The highest BCUT2D eigenvalue weighted by Gasteiger charge is 2.69. The van der Waals surface area contributed by atoms with Gasteiger partial charge in [-0.25, -0.2) is 9.59 Å². The molecule has 0 radical (unpaired) electrons. The van der Waals surface area contributed by atoms with Gasteiger partial charge in [0.1, 0.15) is 17.7 Å². The van der Waals surface area contributed by atoms with E-state index in [0.29, 0.717) is 6.54 Å². The molecular weight excluding hydrogens is 640 g/mol. The zero-order valence-electron chi connectivity index (χ0n) is 31.9. The maximum absolute atomic E-state index is 14.6. The number of carbonyl (C=O) groups is 6. The Balaban J connectivity index is 1.83. The summed E-state index contributed by atoms with van der Waals surface area (Å²) in [5.74, 6) is -2.51. The van der Waals surface area contributed by atoms with E-state index in [2.05, 4.69) is 41.7 Å². The molecule has 2 saturated carbocycles. The van der Waals surface area contributed by atoms with Gasteiger partial charge in [-0.3, -0.25) is 19.2 Å². The van der Waals surface area contributed by atoms with E-state index < -0.39 is 64.9 Å². The van der Waals surface area contributed by atoms with E-state index in [4.69, 9.17) is 4.74 Å². The van der Waals surface area contributed by atoms with Crippen LogP contribution in [0.4, 0.5) is 9.59 Å². The van der Waals surface area contributed by atoms with Crippen LogP contribution in [0.5, 0.6) is 0 Å². The summed E-state index contributed by atoms with van der Waals surface area (Å²) in [6.45, 7) is 21.3. The normalized spacial score (nSPS) is 23.3. The molecule has 2 aliphatic carbocycles. The van der Waals surface area contributed by atoms with Gasteiger partial charge in [0.25, 0.3) is 5.91 Å². The van der Waals surface area contributed by atoms with E-state index in [1.807, 2.05) is 20.8 Å². The van der Waals surface area contributed by atoms with Crippen molar-refractivity contribution in [1.29, 1.82) is 0 Å². The number of likely N-dealkylation sites (N-methyl/N-ethyl adjacent to an activating group) is 1. The largest absolute Gasteiger partial charge is 0.444 e. The smallest absolute Gasteiger partial charge is 0.410 e. The van der Waals surface area contributed by atoms with Crippen molar-refractivity contribution < 1.29 is 33.5 Å². The van der Waals surface area contributed by atoms with Gasteiger partial charge in [-0.1, -0.05) is 66.9 Å². The molecule has 282 valence electrons. The average molecular weight is 703 g/mol. The summed E-state index contributed by atoms with van der Waals surface area (Å²) < 4.78 is 5.51. The van der Waals surface area contributed by atoms with Gasteiger partial charge < -0.3 is 35.8 Å². The van der Waals surface area contributed by atoms with Crippen molar-refractivity contribution in [3.05, 3.63) is 12.7 Å². The number of carbonyl (C=O) groups excluding carboxylic acids is 6. The maximum atomic E-state index is 14.6. The Morgan fingerprint density at radius 2 is 1.60 bits per heavy atom. The molecule has 3 fully saturated rings. The molecule has 1 unspecified atom stereocenters. The number of ketones is 1. The number of amides is 6. The number of nitrogens with one attached hydrogen (secondary N) is 4. The van der Waals surface area contributed by atoms with Crippen molar-refractivity contribution in [3.63, 3.8) is 0 Å². The van der Waals surface area contributed by atoms with Gasteiger partial charge in [0.2, 0.25) is 17.6 Å². The van der Waals surface area contributed by atoms with Gasteiger partial charge in [0.15, 0.2) is 0 Å². The second-order valence-electron chi connectivity index (χ2n) is 17.0. The first-order valence-electron chi connectivity index (χ1n) is 18.2. The molecule has 6 atom stereocenters. The van der Waals surface area contributed by atoms with Gasteiger partial charge in [0.05, 0.1) is 12.1 Å². The minimum Gasteiger partial charge on any atom is -0.444 e. The van der Waals surface area contributed by atoms with Crippen LogP contribution < -0.4 is 21.3 Å². The summed E-state index contributed by atoms with van der Waals surface area (Å²) in [5, 5.41) is 11.3. The Morgan fingerprint density at radius 3 is 2.14 bits per heavy atom. The number of ether oxygens (including phenoxy) is 1. The van der Waals surface area contributed by atoms with Gasteiger partial charge in [0, 0.05) is 26.7 Å². The number of hydrogen-bond acceptors (Lipinski definition) is 7. The Labute approximate surface area is 298 Å². The molecule has 50 heavy (non-hydrogen) atoms. The summed E-state index contributed by atoms with van der Waals surface area (Å²) >= 11 is 0. The van der Waals surface area contributed by atoms with Crippen molar-refractivity contribution in [3.8, 4) is 0 Å². The zero-order chi connectivity index (χ0) is 37.8. The van der Waals surface area contributed by atoms with Crippen molar-refractivity contribution in [2.75, 3.05) is 26.7 Å². The molecule has 0 spiro atoms. The zero-order valence-corrected chi connectivity index (χ0v) is 31.9. The Bertz CT molecular complexity index is 1300. The minimum atomic E-state index is -1.05. The third-order valence-corrected chi connectivity index (χ3v) is 10.6. The summed E-state index contributed by atoms with van der Waals surface area (Å²) in [6.07, 6.45) is 5.59. The molecule has 13 nitrogen and oxygen atoms in total. The van der Waals surface area contributed by atoms with Crippen molar-refractivity contribution in [2.24, 2.45) is 28.6 Å². The van der Waals surface area contributed by atoms with E-state index in [1.165, 1.54) is 11.0 Å². The molecule has 1 saturated heterocycles. The van der Waals surface area contributed by atoms with Crippen LogP contribution in [0, 0.1) is 28.6 Å². The van der Waals surface area contributed by atoms with E-state index in [9.17, 15) is 28.8 Å². The van der Waals surface area contributed by atoms with E-state index in [1.54, 1.807) is 39.6 Å².